The van der Waals surface area contributed by atoms with E-state index in [9.17, 15) is 4.79 Å². The van der Waals surface area contributed by atoms with E-state index >= 15 is 0 Å². The summed E-state index contributed by atoms with van der Waals surface area (Å²) in [7, 11) is 0. The van der Waals surface area contributed by atoms with Crippen LogP contribution < -0.4 is 5.32 Å². The highest BCUT2D eigenvalue weighted by Gasteiger charge is 2.14. The molecule has 0 spiro atoms. The van der Waals surface area contributed by atoms with E-state index < -0.39 is 0 Å². The lowest BCUT2D eigenvalue weighted by Crippen LogP contribution is -2.39. The molecule has 1 aliphatic heterocycles. The molecule has 0 aliphatic carbocycles. The molecule has 1 fully saturated rings. The Hall–Kier alpha value is -1.43. The fraction of sp³-hybridized carbons (Fsp3) is 0.750. The third-order valence-electron chi connectivity index (χ3n) is 3.16. The lowest BCUT2D eigenvalue weighted by Gasteiger charge is -2.20. The number of carbonyl (C=O) groups is 1. The number of hydrogen-bond acceptors (Lipinski definition) is 5. The van der Waals surface area contributed by atoms with Gasteiger partial charge in [-0.05, 0) is 12.8 Å². The average Bonchev–Trinajstić information content (AvgIpc) is 2.74. The van der Waals surface area contributed by atoms with Crippen LogP contribution in [0, 0.1) is 0 Å². The monoisotopic (exact) mass is 252 g/mol. The van der Waals surface area contributed by atoms with E-state index in [1.165, 1.54) is 19.2 Å². The molecule has 1 amide bonds. The largest absolute Gasteiger partial charge is 0.342 e. The minimum Gasteiger partial charge on any atom is -0.342 e. The highest BCUT2D eigenvalue weighted by Crippen LogP contribution is 2.09. The Kier molecular flexibility index (Phi) is 5.14. The van der Waals surface area contributed by atoms with Crippen LogP contribution in [0.2, 0.25) is 0 Å². The maximum Gasteiger partial charge on any atom is 0.236 e. The van der Waals surface area contributed by atoms with Gasteiger partial charge >= 0.3 is 0 Å². The molecular weight excluding hydrogens is 232 g/mol. The van der Waals surface area contributed by atoms with Gasteiger partial charge in [-0.1, -0.05) is 18.0 Å². The van der Waals surface area contributed by atoms with E-state index in [1.54, 1.807) is 0 Å². The molecule has 6 nitrogen and oxygen atoms in total. The molecule has 0 aromatic carbocycles. The summed E-state index contributed by atoms with van der Waals surface area (Å²) in [6.07, 6.45) is 6.80. The van der Waals surface area contributed by atoms with Crippen molar-refractivity contribution in [1.82, 2.24) is 20.4 Å². The van der Waals surface area contributed by atoms with Crippen LogP contribution in [0.4, 0.5) is 0 Å². The number of likely N-dealkylation sites (tertiary alicyclic amines) is 1. The van der Waals surface area contributed by atoms with Crippen LogP contribution in [0.25, 0.3) is 0 Å². The summed E-state index contributed by atoms with van der Waals surface area (Å²) in [5.74, 6) is 0.798. The van der Waals surface area contributed by atoms with Crippen molar-refractivity contribution in [3.8, 4) is 0 Å². The van der Waals surface area contributed by atoms with Gasteiger partial charge in [0.2, 0.25) is 11.8 Å². The van der Waals surface area contributed by atoms with Crippen LogP contribution in [0.1, 0.15) is 31.6 Å². The molecule has 0 atom stereocenters. The molecule has 6 heteroatoms. The van der Waals surface area contributed by atoms with Crippen molar-refractivity contribution < 1.29 is 9.32 Å². The fourth-order valence-electron chi connectivity index (χ4n) is 2.13. The van der Waals surface area contributed by atoms with Crippen LogP contribution in [-0.4, -0.2) is 47.1 Å². The first-order chi connectivity index (χ1) is 8.86. The van der Waals surface area contributed by atoms with Gasteiger partial charge in [-0.25, -0.2) is 0 Å². The lowest BCUT2D eigenvalue weighted by molar-refractivity contribution is -0.130. The minimum absolute atomic E-state index is 0.197. The van der Waals surface area contributed by atoms with Crippen molar-refractivity contribution in [3.05, 3.63) is 12.2 Å². The van der Waals surface area contributed by atoms with Crippen molar-refractivity contribution in [2.75, 3.05) is 26.2 Å². The van der Waals surface area contributed by atoms with E-state index in [-0.39, 0.29) is 5.91 Å². The second-order valence-electron chi connectivity index (χ2n) is 4.56. The highest BCUT2D eigenvalue weighted by molar-refractivity contribution is 5.78. The molecule has 2 rings (SSSR count). The van der Waals surface area contributed by atoms with E-state index in [1.807, 2.05) is 4.90 Å². The smallest absolute Gasteiger partial charge is 0.236 e. The summed E-state index contributed by atoms with van der Waals surface area (Å²) in [4.78, 5) is 17.8. The molecule has 1 N–H and O–H groups in total. The van der Waals surface area contributed by atoms with E-state index in [0.29, 0.717) is 25.4 Å². The Morgan fingerprint density at radius 1 is 1.33 bits per heavy atom. The molecular formula is C12H20N4O2. The number of hydrogen-bond donors (Lipinski definition) is 1. The van der Waals surface area contributed by atoms with Gasteiger partial charge in [0.25, 0.3) is 0 Å². The minimum atomic E-state index is 0.197. The first-order valence-electron chi connectivity index (χ1n) is 6.60. The van der Waals surface area contributed by atoms with Crippen molar-refractivity contribution in [3.63, 3.8) is 0 Å². The van der Waals surface area contributed by atoms with Gasteiger partial charge < -0.3 is 14.7 Å². The number of nitrogens with one attached hydrogen (secondary N) is 1. The van der Waals surface area contributed by atoms with Crippen LogP contribution in [-0.2, 0) is 11.2 Å². The molecule has 1 aromatic heterocycles. The zero-order chi connectivity index (χ0) is 12.6. The molecule has 0 bridgehead atoms. The van der Waals surface area contributed by atoms with Crippen LogP contribution in [0.5, 0.6) is 0 Å². The van der Waals surface area contributed by atoms with Gasteiger partial charge in [0, 0.05) is 26.1 Å². The first kappa shape index (κ1) is 13.0. The molecule has 1 aliphatic rings. The molecule has 0 saturated carbocycles. The van der Waals surface area contributed by atoms with Crippen LogP contribution in [0.3, 0.4) is 0 Å². The number of aromatic nitrogens is 2. The molecule has 2 heterocycles. The van der Waals surface area contributed by atoms with Crippen LogP contribution in [0.15, 0.2) is 10.9 Å². The number of rotatable bonds is 5. The maximum absolute atomic E-state index is 11.9. The molecule has 0 unspecified atom stereocenters. The molecule has 18 heavy (non-hydrogen) atoms. The van der Waals surface area contributed by atoms with E-state index in [2.05, 4.69) is 15.5 Å². The topological polar surface area (TPSA) is 71.3 Å². The number of carbonyl (C=O) groups excluding carboxylic acids is 1. The Balaban J connectivity index is 1.61. The van der Waals surface area contributed by atoms with Gasteiger partial charge in [0.1, 0.15) is 0 Å². The van der Waals surface area contributed by atoms with Gasteiger partial charge in [-0.15, -0.1) is 0 Å². The summed E-state index contributed by atoms with van der Waals surface area (Å²) in [6, 6.07) is 0. The van der Waals surface area contributed by atoms with Crippen molar-refractivity contribution in [2.45, 2.75) is 32.1 Å². The number of amides is 1. The summed E-state index contributed by atoms with van der Waals surface area (Å²) >= 11 is 0. The standard InChI is InChI=1S/C12H20N4O2/c17-12(16-7-3-1-2-4-8-16)9-13-6-5-11-14-10-15-18-11/h10,13H,1-9H2. The number of nitrogens with zero attached hydrogens (tertiary/aromatic N) is 3. The SMILES string of the molecule is O=C(CNCCc1ncno1)N1CCCCCC1. The van der Waals surface area contributed by atoms with Crippen molar-refractivity contribution >= 4 is 5.91 Å². The highest BCUT2D eigenvalue weighted by atomic mass is 16.5. The third-order valence-corrected chi connectivity index (χ3v) is 3.16. The summed E-state index contributed by atoms with van der Waals surface area (Å²) in [5.41, 5.74) is 0. The van der Waals surface area contributed by atoms with Gasteiger partial charge in [-0.3, -0.25) is 4.79 Å². The van der Waals surface area contributed by atoms with Gasteiger partial charge in [0.15, 0.2) is 6.33 Å². The molecule has 1 aromatic rings. The summed E-state index contributed by atoms with van der Waals surface area (Å²) < 4.78 is 4.88. The molecule has 1 saturated heterocycles. The Bertz CT molecular complexity index is 345. The zero-order valence-electron chi connectivity index (χ0n) is 10.6. The van der Waals surface area contributed by atoms with Crippen molar-refractivity contribution in [1.29, 1.82) is 0 Å². The van der Waals surface area contributed by atoms with Gasteiger partial charge in [0.05, 0.1) is 6.54 Å². The first-order valence-corrected chi connectivity index (χ1v) is 6.60. The summed E-state index contributed by atoms with van der Waals surface area (Å²) in [5, 5.41) is 6.65. The Morgan fingerprint density at radius 2 is 2.11 bits per heavy atom. The normalized spacial score (nSPS) is 16.6. The Labute approximate surface area is 107 Å². The molecule has 100 valence electrons. The summed E-state index contributed by atoms with van der Waals surface area (Å²) in [6.45, 7) is 2.89. The average molecular weight is 252 g/mol. The predicted octanol–water partition coefficient (Wildman–Crippen LogP) is 0.604. The second-order valence-corrected chi connectivity index (χ2v) is 4.56. The van der Waals surface area contributed by atoms with Crippen LogP contribution >= 0.6 is 0 Å². The van der Waals surface area contributed by atoms with Crippen molar-refractivity contribution in [2.24, 2.45) is 0 Å². The fourth-order valence-corrected chi connectivity index (χ4v) is 2.13. The maximum atomic E-state index is 11.9. The third kappa shape index (κ3) is 4.10. The lowest BCUT2D eigenvalue weighted by atomic mass is 10.2. The van der Waals surface area contributed by atoms with E-state index in [4.69, 9.17) is 4.52 Å². The predicted molar refractivity (Wildman–Crippen MR) is 65.9 cm³/mol. The quantitative estimate of drug-likeness (QED) is 0.777. The zero-order valence-corrected chi connectivity index (χ0v) is 10.6. The van der Waals surface area contributed by atoms with Gasteiger partial charge in [-0.2, -0.15) is 4.98 Å². The Morgan fingerprint density at radius 3 is 2.78 bits per heavy atom. The second kappa shape index (κ2) is 7.10. The molecule has 0 radical (unpaired) electrons. The van der Waals surface area contributed by atoms with E-state index in [0.717, 1.165) is 25.9 Å².